The lowest BCUT2D eigenvalue weighted by atomic mass is 9.82. The zero-order valence-electron chi connectivity index (χ0n) is 27.2. The molecule has 0 fully saturated rings. The van der Waals surface area contributed by atoms with Crippen LogP contribution in [0.4, 0.5) is 0 Å². The summed E-state index contributed by atoms with van der Waals surface area (Å²) in [6.45, 7) is 4.67. The van der Waals surface area contributed by atoms with Gasteiger partial charge in [0.25, 0.3) is 0 Å². The van der Waals surface area contributed by atoms with Crippen LogP contribution >= 0.6 is 0 Å². The van der Waals surface area contributed by atoms with Crippen LogP contribution in [0, 0.1) is 0 Å². The van der Waals surface area contributed by atoms with E-state index in [1.54, 1.807) is 0 Å². The standard InChI is InChI=1S/C44H31N5/c1-44(2)34-21-10-9-20-32(34)33-25-40-41(26-35(33)44)48(43-47-36-22-11-12-23-39(36)49(40)43)31-19-13-18-30(24-31)42-45-37(28-14-5-3-6-15-28)27-38(46-42)29-16-7-4-8-17-29/h3-27H,1-2H3. The van der Waals surface area contributed by atoms with Gasteiger partial charge in [-0.25, -0.2) is 15.0 Å². The van der Waals surface area contributed by atoms with Crippen LogP contribution in [0.3, 0.4) is 0 Å². The van der Waals surface area contributed by atoms with Crippen molar-refractivity contribution in [3.8, 4) is 50.7 Å². The lowest BCUT2D eigenvalue weighted by molar-refractivity contribution is 0.661. The molecule has 0 bridgehead atoms. The minimum Gasteiger partial charge on any atom is -0.278 e. The molecule has 0 amide bonds. The second-order valence-corrected chi connectivity index (χ2v) is 13.4. The van der Waals surface area contributed by atoms with Crippen molar-refractivity contribution in [2.45, 2.75) is 19.3 Å². The molecule has 1 aliphatic rings. The van der Waals surface area contributed by atoms with Crippen molar-refractivity contribution in [2.75, 3.05) is 0 Å². The van der Waals surface area contributed by atoms with Crippen molar-refractivity contribution in [2.24, 2.45) is 0 Å². The van der Waals surface area contributed by atoms with E-state index in [2.05, 4.69) is 138 Å². The SMILES string of the molecule is CC1(C)c2ccccc2-c2cc3c(cc21)n(-c1cccc(-c2nc(-c4ccccc4)cc(-c4ccccc4)n2)c1)c1nc2ccccc2n31. The van der Waals surface area contributed by atoms with Gasteiger partial charge in [0.15, 0.2) is 5.82 Å². The number of benzene rings is 6. The van der Waals surface area contributed by atoms with E-state index in [0.29, 0.717) is 5.82 Å². The first-order valence-corrected chi connectivity index (χ1v) is 16.7. The second kappa shape index (κ2) is 10.3. The van der Waals surface area contributed by atoms with Gasteiger partial charge >= 0.3 is 0 Å². The average Bonchev–Trinajstić information content (AvgIpc) is 3.76. The van der Waals surface area contributed by atoms with Gasteiger partial charge in [-0.15, -0.1) is 0 Å². The van der Waals surface area contributed by atoms with E-state index in [0.717, 1.165) is 61.6 Å². The van der Waals surface area contributed by atoms with Crippen LogP contribution < -0.4 is 0 Å². The normalized spacial score (nSPS) is 13.3. The fourth-order valence-corrected chi connectivity index (χ4v) is 7.72. The Balaban J connectivity index is 1.22. The molecule has 0 saturated heterocycles. The predicted octanol–water partition coefficient (Wildman–Crippen LogP) is 10.5. The summed E-state index contributed by atoms with van der Waals surface area (Å²) in [6, 6.07) is 53.3. The number of para-hydroxylation sites is 2. The van der Waals surface area contributed by atoms with Crippen molar-refractivity contribution < 1.29 is 0 Å². The minimum atomic E-state index is -0.124. The van der Waals surface area contributed by atoms with Crippen LogP contribution in [-0.2, 0) is 5.41 Å². The highest BCUT2D eigenvalue weighted by Gasteiger charge is 2.36. The summed E-state index contributed by atoms with van der Waals surface area (Å²) in [5.74, 6) is 1.56. The molecule has 3 aromatic heterocycles. The van der Waals surface area contributed by atoms with Crippen LogP contribution in [0.2, 0.25) is 0 Å². The van der Waals surface area contributed by atoms with E-state index >= 15 is 0 Å². The summed E-state index contributed by atoms with van der Waals surface area (Å²) in [5, 5.41) is 0. The first-order chi connectivity index (χ1) is 24.0. The highest BCUT2D eigenvalue weighted by atomic mass is 15.2. The maximum atomic E-state index is 5.22. The lowest BCUT2D eigenvalue weighted by Gasteiger charge is -2.21. The molecule has 0 aliphatic heterocycles. The lowest BCUT2D eigenvalue weighted by Crippen LogP contribution is -2.15. The monoisotopic (exact) mass is 629 g/mol. The Bertz CT molecular complexity index is 2680. The van der Waals surface area contributed by atoms with E-state index in [1.165, 1.54) is 22.3 Å². The molecule has 0 radical (unpaired) electrons. The van der Waals surface area contributed by atoms with E-state index in [9.17, 15) is 0 Å². The molecule has 6 aromatic carbocycles. The Morgan fingerprint density at radius 3 is 1.88 bits per heavy atom. The molecule has 232 valence electrons. The number of imidazole rings is 2. The number of nitrogens with zero attached hydrogens (tertiary/aromatic N) is 5. The Morgan fingerprint density at radius 1 is 0.469 bits per heavy atom. The molecule has 0 unspecified atom stereocenters. The smallest absolute Gasteiger partial charge is 0.220 e. The molecule has 10 rings (SSSR count). The van der Waals surface area contributed by atoms with Gasteiger partial charge in [-0.3, -0.25) is 8.97 Å². The molecule has 0 N–H and O–H groups in total. The quantitative estimate of drug-likeness (QED) is 0.195. The van der Waals surface area contributed by atoms with Crippen molar-refractivity contribution >= 4 is 27.8 Å². The van der Waals surface area contributed by atoms with Gasteiger partial charge in [0.1, 0.15) is 0 Å². The number of hydrogen-bond donors (Lipinski definition) is 0. The zero-order chi connectivity index (χ0) is 32.7. The zero-order valence-corrected chi connectivity index (χ0v) is 27.2. The minimum absolute atomic E-state index is 0.124. The maximum Gasteiger partial charge on any atom is 0.220 e. The highest BCUT2D eigenvalue weighted by molar-refractivity contribution is 5.97. The third kappa shape index (κ3) is 4.15. The number of fused-ring (bicyclic) bond motifs is 8. The first kappa shape index (κ1) is 27.8. The number of rotatable bonds is 4. The molecule has 5 nitrogen and oxygen atoms in total. The van der Waals surface area contributed by atoms with E-state index in [-0.39, 0.29) is 5.41 Å². The van der Waals surface area contributed by atoms with Gasteiger partial charge in [0, 0.05) is 27.8 Å². The van der Waals surface area contributed by atoms with E-state index < -0.39 is 0 Å². The third-order valence-corrected chi connectivity index (χ3v) is 10.1. The summed E-state index contributed by atoms with van der Waals surface area (Å²) < 4.78 is 4.61. The fourth-order valence-electron chi connectivity index (χ4n) is 7.72. The molecule has 0 spiro atoms. The van der Waals surface area contributed by atoms with Crippen molar-refractivity contribution in [3.63, 3.8) is 0 Å². The second-order valence-electron chi connectivity index (χ2n) is 13.4. The number of aromatic nitrogens is 5. The van der Waals surface area contributed by atoms with Gasteiger partial charge in [-0.05, 0) is 64.7 Å². The summed E-state index contributed by atoms with van der Waals surface area (Å²) in [6.07, 6.45) is 0. The molecule has 9 aromatic rings. The predicted molar refractivity (Wildman–Crippen MR) is 199 cm³/mol. The van der Waals surface area contributed by atoms with E-state index in [4.69, 9.17) is 15.0 Å². The van der Waals surface area contributed by atoms with Crippen LogP contribution in [0.15, 0.2) is 152 Å². The van der Waals surface area contributed by atoms with Gasteiger partial charge in [-0.2, -0.15) is 0 Å². The Morgan fingerprint density at radius 2 is 1.12 bits per heavy atom. The first-order valence-electron chi connectivity index (χ1n) is 16.7. The van der Waals surface area contributed by atoms with Crippen LogP contribution in [-0.4, -0.2) is 23.9 Å². The summed E-state index contributed by atoms with van der Waals surface area (Å²) in [7, 11) is 0. The van der Waals surface area contributed by atoms with E-state index in [1.807, 2.05) is 36.4 Å². The van der Waals surface area contributed by atoms with Crippen molar-refractivity contribution in [1.82, 2.24) is 23.9 Å². The van der Waals surface area contributed by atoms with Crippen molar-refractivity contribution in [3.05, 3.63) is 163 Å². The molecule has 5 heteroatoms. The van der Waals surface area contributed by atoms with Gasteiger partial charge in [0.05, 0.1) is 33.5 Å². The van der Waals surface area contributed by atoms with Crippen LogP contribution in [0.5, 0.6) is 0 Å². The number of hydrogen-bond acceptors (Lipinski definition) is 3. The Labute approximate surface area is 283 Å². The molecule has 49 heavy (non-hydrogen) atoms. The van der Waals surface area contributed by atoms with Gasteiger partial charge in [0.2, 0.25) is 5.78 Å². The highest BCUT2D eigenvalue weighted by Crippen LogP contribution is 2.50. The van der Waals surface area contributed by atoms with Crippen molar-refractivity contribution in [1.29, 1.82) is 0 Å². The third-order valence-electron chi connectivity index (χ3n) is 10.1. The molecule has 1 aliphatic carbocycles. The van der Waals surface area contributed by atoms with Gasteiger partial charge < -0.3 is 0 Å². The topological polar surface area (TPSA) is 48.0 Å². The Kier molecular flexibility index (Phi) is 5.85. The summed E-state index contributed by atoms with van der Waals surface area (Å²) >= 11 is 0. The molecular weight excluding hydrogens is 599 g/mol. The average molecular weight is 630 g/mol. The van der Waals surface area contributed by atoms with Crippen LogP contribution in [0.1, 0.15) is 25.0 Å². The summed E-state index contributed by atoms with van der Waals surface area (Å²) in [5.41, 5.74) is 15.3. The molecule has 0 saturated carbocycles. The fraction of sp³-hybridized carbons (Fsp3) is 0.0682. The molecular formula is C44H31N5. The van der Waals surface area contributed by atoms with Gasteiger partial charge in [-0.1, -0.05) is 123 Å². The molecule has 0 atom stereocenters. The largest absolute Gasteiger partial charge is 0.278 e. The maximum absolute atomic E-state index is 5.22. The molecule has 3 heterocycles. The Hall–Kier alpha value is -6.33. The summed E-state index contributed by atoms with van der Waals surface area (Å²) in [4.78, 5) is 15.5. The van der Waals surface area contributed by atoms with Crippen LogP contribution in [0.25, 0.3) is 78.6 Å².